The van der Waals surface area contributed by atoms with Crippen molar-refractivity contribution in [2.45, 2.75) is 308 Å². The molecule has 680 valence electrons. The molecule has 0 rings (SSSR count). The maximum atomic E-state index is 11.4. The zero-order valence-electron chi connectivity index (χ0n) is 73.5. The van der Waals surface area contributed by atoms with Gasteiger partial charge in [-0.05, 0) is 173 Å². The van der Waals surface area contributed by atoms with Crippen LogP contribution in [0.1, 0.15) is 259 Å². The van der Waals surface area contributed by atoms with Gasteiger partial charge in [0.2, 0.25) is 0 Å². The highest BCUT2D eigenvalue weighted by atomic mass is 16.6. The molecule has 0 aliphatic heterocycles. The van der Waals surface area contributed by atoms with Crippen LogP contribution in [-0.4, -0.2) is 187 Å². The summed E-state index contributed by atoms with van der Waals surface area (Å²) < 4.78 is 19.3. The molecule has 0 saturated heterocycles. The summed E-state index contributed by atoms with van der Waals surface area (Å²) in [6.07, 6.45) is 105. The van der Waals surface area contributed by atoms with Crippen LogP contribution in [0, 0.1) is 0 Å². The van der Waals surface area contributed by atoms with Crippen molar-refractivity contribution in [3.8, 4) is 0 Å². The summed E-state index contributed by atoms with van der Waals surface area (Å²) in [5.74, 6) is -1.39. The standard InChI is InChI=1S/4C25H40O5/c1-2-3-4-5-9-12-15-18-23(27)19-16-13-10-7-6-8-11-14-17-20-25(29)30-22-24(28)21-26;1-2-3-4-5-6-7-9-12-15-18-23(27)19-16-13-10-8-11-14-17-20-25(29)30-22-24(28)21-26;1-2-3-4-5-6-7-8-9-12-15-18-23(27)19-16-13-10-11-14-17-20-25(29)30-22-24(28)21-26;1-2-3-4-5-6-7-8-9-10-11-12-13-15-18-23(27)19-16-14-17-20-25(29)30-22-24(28)21-26/h3-4,6-7,9,12-13,15-16,18,23-24,26-28H,2,5,8,10-11,14,17,19-22H2,1H3;3-4,6-7,10,12-13,15-16,19,23-24,26-28H,2,5,8-9,11,14,17-18,20-22H2,1H3;3-4,6-7,9,12-13,15-16,18,23-24,26-28H,2,5,8,10-11,14,17,19-22H2,1H3;3-4,6-7,9-10,12-13,15,18,23-24,26-28H,2,5,8,11,14,16-17,19-22H2,1H3/b4-3-,7-6-,12-9-,16-13-,18-15+;4-3-,7-6-,13-10-,15-12-,19-16+;4-3-,7-6-,12-9-,16-13-,18-15-;4-3-,7-6-,10-9-,13-12-,18-15+. The van der Waals surface area contributed by atoms with Crippen LogP contribution in [0.2, 0.25) is 0 Å². The molecule has 120 heavy (non-hydrogen) atoms. The lowest BCUT2D eigenvalue weighted by Gasteiger charge is -2.08. The predicted molar refractivity (Wildman–Crippen MR) is 492 cm³/mol. The Morgan fingerprint density at radius 2 is 0.450 bits per heavy atom. The minimum absolute atomic E-state index is 0.146. The van der Waals surface area contributed by atoms with Crippen molar-refractivity contribution in [1.82, 2.24) is 0 Å². The monoisotopic (exact) mass is 1680 g/mol. The summed E-state index contributed by atoms with van der Waals surface area (Å²) >= 11 is 0. The summed E-state index contributed by atoms with van der Waals surface area (Å²) in [6.45, 7) is 6.24. The Kier molecular flexibility index (Phi) is 98.8. The van der Waals surface area contributed by atoms with Crippen LogP contribution in [0.5, 0.6) is 0 Å². The van der Waals surface area contributed by atoms with Crippen LogP contribution in [0.25, 0.3) is 0 Å². The summed E-state index contributed by atoms with van der Waals surface area (Å²) in [6, 6.07) is 0. The van der Waals surface area contributed by atoms with Gasteiger partial charge in [0.15, 0.2) is 0 Å². The van der Waals surface area contributed by atoms with Gasteiger partial charge in [0.25, 0.3) is 0 Å². The molecule has 8 unspecified atom stereocenters. The first kappa shape index (κ1) is 119. The second-order valence-electron chi connectivity index (χ2n) is 28.1. The highest BCUT2D eigenvalue weighted by Gasteiger charge is 2.12. The summed E-state index contributed by atoms with van der Waals surface area (Å²) in [7, 11) is 0. The number of rotatable bonds is 72. The fourth-order valence-electron chi connectivity index (χ4n) is 9.69. The topological polar surface area (TPSA) is 348 Å². The van der Waals surface area contributed by atoms with Crippen molar-refractivity contribution in [1.29, 1.82) is 0 Å². The van der Waals surface area contributed by atoms with Gasteiger partial charge >= 0.3 is 23.9 Å². The molecule has 8 atom stereocenters. The van der Waals surface area contributed by atoms with E-state index in [4.69, 9.17) is 59.8 Å². The number of carbonyl (C=O) groups is 4. The molecule has 0 aliphatic carbocycles. The normalized spacial score (nSPS) is 14.7. The van der Waals surface area contributed by atoms with Crippen LogP contribution < -0.4 is 0 Å². The van der Waals surface area contributed by atoms with Crippen LogP contribution in [0.15, 0.2) is 243 Å². The highest BCUT2D eigenvalue weighted by molar-refractivity contribution is 5.70. The first-order chi connectivity index (χ1) is 58.4. The zero-order chi connectivity index (χ0) is 89.2. The van der Waals surface area contributed by atoms with E-state index in [9.17, 15) is 39.6 Å². The molecule has 0 fully saturated rings. The molecule has 0 aromatic rings. The van der Waals surface area contributed by atoms with Crippen molar-refractivity contribution in [2.75, 3.05) is 52.9 Å². The molecule has 0 spiro atoms. The maximum absolute atomic E-state index is 11.4. The minimum atomic E-state index is -1.01. The molecule has 0 aromatic heterocycles. The predicted octanol–water partition coefficient (Wildman–Crippen LogP) is 18.2. The van der Waals surface area contributed by atoms with Crippen LogP contribution in [0.3, 0.4) is 0 Å². The quantitative estimate of drug-likeness (QED) is 0.00885. The van der Waals surface area contributed by atoms with Gasteiger partial charge in [0.1, 0.15) is 50.8 Å². The van der Waals surface area contributed by atoms with Crippen molar-refractivity contribution in [2.24, 2.45) is 0 Å². The fourth-order valence-corrected chi connectivity index (χ4v) is 9.69. The number of carbonyl (C=O) groups excluding carboxylic acids is 4. The first-order valence-electron chi connectivity index (χ1n) is 44.0. The second-order valence-corrected chi connectivity index (χ2v) is 28.1. The lowest BCUT2D eigenvalue weighted by molar-refractivity contribution is -0.148. The molecule has 20 heteroatoms. The van der Waals surface area contributed by atoms with Gasteiger partial charge in [-0.15, -0.1) is 0 Å². The molecule has 0 aromatic carbocycles. The van der Waals surface area contributed by atoms with E-state index >= 15 is 0 Å². The summed E-state index contributed by atoms with van der Waals surface area (Å²) in [5.41, 5.74) is 0. The Morgan fingerprint density at radius 3 is 0.733 bits per heavy atom. The van der Waals surface area contributed by atoms with E-state index in [2.05, 4.69) is 167 Å². The number of hydrogen-bond acceptors (Lipinski definition) is 20. The number of aliphatic hydroxyl groups excluding tert-OH is 12. The van der Waals surface area contributed by atoms with Gasteiger partial charge in [0.05, 0.1) is 50.8 Å². The maximum Gasteiger partial charge on any atom is 0.305 e. The van der Waals surface area contributed by atoms with Crippen molar-refractivity contribution in [3.63, 3.8) is 0 Å². The number of hydrogen-bond donors (Lipinski definition) is 12. The van der Waals surface area contributed by atoms with E-state index in [1.165, 1.54) is 0 Å². The minimum Gasteiger partial charge on any atom is -0.463 e. The SMILES string of the molecule is CC/C=C\C/C=C\C/C=C\C/C=C\C=C\C(O)CCCCCC(=O)OCC(O)CO.CC/C=C\C/C=C\C/C=C\C=C/C(O)C/C=C\CCCCCC(=O)OCC(O)CO.CC/C=C\C/C=C\C/C=C\CC(O)/C=C/C=C\CCCCCC(=O)OCC(O)CO.CC/C=C\C/C=C\C=C\C(O)C/C=C\C/C=C\CCCCCC(=O)OCC(O)CO. The molecule has 0 bridgehead atoms. The Bertz CT molecular complexity index is 2970. The molecule has 0 saturated carbocycles. The van der Waals surface area contributed by atoms with Crippen LogP contribution in [0.4, 0.5) is 0 Å². The van der Waals surface area contributed by atoms with Crippen LogP contribution in [-0.2, 0) is 38.1 Å². The van der Waals surface area contributed by atoms with E-state index in [-0.39, 0.29) is 56.7 Å². The van der Waals surface area contributed by atoms with Gasteiger partial charge < -0.3 is 80.2 Å². The second kappa shape index (κ2) is 100. The summed E-state index contributed by atoms with van der Waals surface area (Å²) in [4.78, 5) is 45.6. The number of ether oxygens (including phenoxy) is 4. The third-order valence-corrected chi connectivity index (χ3v) is 16.6. The third-order valence-electron chi connectivity index (χ3n) is 16.6. The molecular formula is C100H160O20. The number of unbranched alkanes of at least 4 members (excludes halogenated alkanes) is 11. The average molecular weight is 1680 g/mol. The zero-order valence-corrected chi connectivity index (χ0v) is 73.5. The molecule has 0 heterocycles. The largest absolute Gasteiger partial charge is 0.463 e. The van der Waals surface area contributed by atoms with Crippen molar-refractivity contribution in [3.05, 3.63) is 243 Å². The molecule has 20 nitrogen and oxygen atoms in total. The first-order valence-corrected chi connectivity index (χ1v) is 44.0. The molecule has 0 aliphatic rings. The Morgan fingerprint density at radius 1 is 0.233 bits per heavy atom. The lowest BCUT2D eigenvalue weighted by Crippen LogP contribution is -2.21. The van der Waals surface area contributed by atoms with Gasteiger partial charge in [-0.2, -0.15) is 0 Å². The van der Waals surface area contributed by atoms with E-state index in [1.54, 1.807) is 24.3 Å². The van der Waals surface area contributed by atoms with Crippen LogP contribution >= 0.6 is 0 Å². The lowest BCUT2D eigenvalue weighted by atomic mass is 10.1. The molecule has 0 amide bonds. The molecule has 12 N–H and O–H groups in total. The highest BCUT2D eigenvalue weighted by Crippen LogP contribution is 2.12. The Labute approximate surface area is 723 Å². The van der Waals surface area contributed by atoms with Gasteiger partial charge in [-0.3, -0.25) is 19.2 Å². The van der Waals surface area contributed by atoms with Crippen molar-refractivity contribution >= 4 is 23.9 Å². The van der Waals surface area contributed by atoms with E-state index in [0.29, 0.717) is 51.4 Å². The molecular weight excluding hydrogens is 1520 g/mol. The number of allylic oxidation sites excluding steroid dienone is 33. The smallest absolute Gasteiger partial charge is 0.305 e. The molecule has 0 radical (unpaired) electrons. The van der Waals surface area contributed by atoms with Gasteiger partial charge in [-0.1, -0.05) is 303 Å². The van der Waals surface area contributed by atoms with Gasteiger partial charge in [0, 0.05) is 25.7 Å². The van der Waals surface area contributed by atoms with E-state index < -0.39 is 75.3 Å². The summed E-state index contributed by atoms with van der Waals surface area (Å²) in [5, 5.41) is 111. The fraction of sp³-hybridized carbons (Fsp3) is 0.560. The van der Waals surface area contributed by atoms with E-state index in [0.717, 1.165) is 173 Å². The average Bonchev–Trinajstić information content (AvgIpc) is 0.964. The Hall–Kier alpha value is -7.80. The van der Waals surface area contributed by atoms with Crippen molar-refractivity contribution < 1.29 is 99.4 Å². The number of aliphatic hydroxyl groups is 12. The van der Waals surface area contributed by atoms with E-state index in [1.807, 2.05) is 79.0 Å². The number of esters is 4. The third kappa shape index (κ3) is 104. The Balaban J connectivity index is -0.000000748. The van der Waals surface area contributed by atoms with Gasteiger partial charge in [-0.25, -0.2) is 0 Å².